The van der Waals surface area contributed by atoms with Gasteiger partial charge in [0.1, 0.15) is 4.21 Å². The predicted octanol–water partition coefficient (Wildman–Crippen LogP) is 1.54. The highest BCUT2D eigenvalue weighted by Crippen LogP contribution is 2.37. The van der Waals surface area contributed by atoms with Gasteiger partial charge in [-0.15, -0.1) is 11.3 Å². The highest BCUT2D eigenvalue weighted by molar-refractivity contribution is 7.94. The standard InChI is InChI=1S/C9H11NO3S2/c1-5-4-10-7-3-8(6(2)11)14-9(7)15(5,12)13/h3,5,10H,4H2,1-2H3. The molecule has 1 aromatic rings. The first-order valence-electron chi connectivity index (χ1n) is 4.55. The fourth-order valence-electron chi connectivity index (χ4n) is 1.43. The number of sulfone groups is 1. The van der Waals surface area contributed by atoms with Crippen LogP contribution in [0.1, 0.15) is 23.5 Å². The van der Waals surface area contributed by atoms with E-state index in [1.54, 1.807) is 13.0 Å². The number of hydrogen-bond donors (Lipinski definition) is 1. The molecule has 0 aliphatic carbocycles. The van der Waals surface area contributed by atoms with Crippen molar-refractivity contribution in [1.82, 2.24) is 0 Å². The van der Waals surface area contributed by atoms with Crippen molar-refractivity contribution in [3.8, 4) is 0 Å². The number of ketones is 1. The first-order chi connectivity index (χ1) is 6.93. The summed E-state index contributed by atoms with van der Waals surface area (Å²) in [6.45, 7) is 3.51. The van der Waals surface area contributed by atoms with Gasteiger partial charge < -0.3 is 5.32 Å². The Labute approximate surface area is 92.2 Å². The maximum Gasteiger partial charge on any atom is 0.194 e. The Morgan fingerprint density at radius 2 is 2.27 bits per heavy atom. The minimum atomic E-state index is -3.23. The van der Waals surface area contributed by atoms with E-state index in [0.717, 1.165) is 11.3 Å². The second-order valence-electron chi connectivity index (χ2n) is 3.60. The van der Waals surface area contributed by atoms with Gasteiger partial charge in [0.2, 0.25) is 0 Å². The summed E-state index contributed by atoms with van der Waals surface area (Å²) in [7, 11) is -3.23. The Morgan fingerprint density at radius 3 is 2.87 bits per heavy atom. The number of carbonyl (C=O) groups is 1. The molecule has 1 aromatic heterocycles. The van der Waals surface area contributed by atoms with Gasteiger partial charge in [-0.05, 0) is 19.9 Å². The van der Waals surface area contributed by atoms with E-state index in [9.17, 15) is 13.2 Å². The van der Waals surface area contributed by atoms with Crippen LogP contribution in [-0.4, -0.2) is 26.0 Å². The molecule has 1 N–H and O–H groups in total. The van der Waals surface area contributed by atoms with E-state index in [1.807, 2.05) is 0 Å². The van der Waals surface area contributed by atoms with Gasteiger partial charge in [0, 0.05) is 6.54 Å². The van der Waals surface area contributed by atoms with Crippen LogP contribution in [0.25, 0.3) is 0 Å². The largest absolute Gasteiger partial charge is 0.382 e. The van der Waals surface area contributed by atoms with Crippen molar-refractivity contribution in [3.05, 3.63) is 10.9 Å². The normalized spacial score (nSPS) is 22.9. The van der Waals surface area contributed by atoms with E-state index in [0.29, 0.717) is 21.3 Å². The van der Waals surface area contributed by atoms with Crippen molar-refractivity contribution in [2.75, 3.05) is 11.9 Å². The molecule has 15 heavy (non-hydrogen) atoms. The average Bonchev–Trinajstić information content (AvgIpc) is 2.57. The van der Waals surface area contributed by atoms with Gasteiger partial charge in [-0.1, -0.05) is 0 Å². The van der Waals surface area contributed by atoms with Crippen LogP contribution in [0.3, 0.4) is 0 Å². The minimum absolute atomic E-state index is 0.0981. The molecule has 0 saturated carbocycles. The van der Waals surface area contributed by atoms with Gasteiger partial charge in [-0.3, -0.25) is 4.79 Å². The molecule has 0 spiro atoms. The van der Waals surface area contributed by atoms with E-state index < -0.39 is 15.1 Å². The quantitative estimate of drug-likeness (QED) is 0.762. The van der Waals surface area contributed by atoms with E-state index in [-0.39, 0.29) is 5.78 Å². The number of anilines is 1. The van der Waals surface area contributed by atoms with Crippen molar-refractivity contribution in [1.29, 1.82) is 0 Å². The highest BCUT2D eigenvalue weighted by Gasteiger charge is 2.33. The van der Waals surface area contributed by atoms with Crippen molar-refractivity contribution in [2.24, 2.45) is 0 Å². The molecule has 1 aliphatic rings. The van der Waals surface area contributed by atoms with E-state index >= 15 is 0 Å². The third kappa shape index (κ3) is 1.57. The molecule has 2 rings (SSSR count). The van der Waals surface area contributed by atoms with E-state index in [2.05, 4.69) is 5.32 Å². The highest BCUT2D eigenvalue weighted by atomic mass is 32.2. The lowest BCUT2D eigenvalue weighted by molar-refractivity contribution is 0.102. The van der Waals surface area contributed by atoms with Crippen LogP contribution in [0.5, 0.6) is 0 Å². The predicted molar refractivity (Wildman–Crippen MR) is 59.5 cm³/mol. The first-order valence-corrected chi connectivity index (χ1v) is 6.91. The molecule has 0 bridgehead atoms. The Hall–Kier alpha value is -0.880. The molecule has 2 heterocycles. The number of hydrogen-bond acceptors (Lipinski definition) is 5. The summed E-state index contributed by atoms with van der Waals surface area (Å²) in [5.41, 5.74) is 0.573. The van der Waals surface area contributed by atoms with Crippen LogP contribution >= 0.6 is 11.3 Å². The monoisotopic (exact) mass is 245 g/mol. The summed E-state index contributed by atoms with van der Waals surface area (Å²) in [5.74, 6) is -0.0981. The van der Waals surface area contributed by atoms with E-state index in [4.69, 9.17) is 0 Å². The Kier molecular flexibility index (Phi) is 2.35. The summed E-state index contributed by atoms with van der Waals surface area (Å²) >= 11 is 1.05. The maximum absolute atomic E-state index is 11.9. The molecule has 0 fully saturated rings. The molecule has 82 valence electrons. The molecule has 0 radical (unpaired) electrons. The Bertz CT molecular complexity index is 515. The zero-order valence-electron chi connectivity index (χ0n) is 8.40. The van der Waals surface area contributed by atoms with Crippen LogP contribution in [0.15, 0.2) is 10.3 Å². The number of rotatable bonds is 1. The molecule has 1 atom stereocenters. The summed E-state index contributed by atoms with van der Waals surface area (Å²) in [6, 6.07) is 1.62. The SMILES string of the molecule is CC(=O)c1cc2c(s1)S(=O)(=O)C(C)CN2. The van der Waals surface area contributed by atoms with Crippen LogP contribution in [0.4, 0.5) is 5.69 Å². The van der Waals surface area contributed by atoms with Crippen molar-refractivity contribution in [3.63, 3.8) is 0 Å². The number of Topliss-reactive ketones (excluding diaryl/α,β-unsaturated/α-hetero) is 1. The lowest BCUT2D eigenvalue weighted by atomic mass is 10.3. The number of fused-ring (bicyclic) bond motifs is 1. The smallest absolute Gasteiger partial charge is 0.194 e. The van der Waals surface area contributed by atoms with Crippen LogP contribution < -0.4 is 5.32 Å². The number of nitrogens with one attached hydrogen (secondary N) is 1. The van der Waals surface area contributed by atoms with E-state index in [1.165, 1.54) is 6.92 Å². The third-order valence-electron chi connectivity index (χ3n) is 2.41. The molecular weight excluding hydrogens is 234 g/mol. The summed E-state index contributed by atoms with van der Waals surface area (Å²) in [4.78, 5) is 11.6. The minimum Gasteiger partial charge on any atom is -0.382 e. The molecule has 1 aliphatic heterocycles. The average molecular weight is 245 g/mol. The fraction of sp³-hybridized carbons (Fsp3) is 0.444. The molecule has 0 saturated heterocycles. The molecule has 6 heteroatoms. The van der Waals surface area contributed by atoms with Crippen molar-refractivity contribution in [2.45, 2.75) is 23.3 Å². The maximum atomic E-state index is 11.9. The first kappa shape index (κ1) is 10.6. The van der Waals surface area contributed by atoms with Crippen LogP contribution in [0.2, 0.25) is 0 Å². The summed E-state index contributed by atoms with van der Waals surface area (Å²) < 4.78 is 24.1. The van der Waals surface area contributed by atoms with Crippen LogP contribution in [-0.2, 0) is 9.84 Å². The van der Waals surface area contributed by atoms with Gasteiger partial charge >= 0.3 is 0 Å². The van der Waals surface area contributed by atoms with Crippen molar-refractivity contribution < 1.29 is 13.2 Å². The molecule has 4 nitrogen and oxygen atoms in total. The zero-order chi connectivity index (χ0) is 11.2. The topological polar surface area (TPSA) is 63.2 Å². The molecule has 1 unspecified atom stereocenters. The molecule has 0 amide bonds. The number of carbonyl (C=O) groups excluding carboxylic acids is 1. The number of thiophene rings is 1. The van der Waals surface area contributed by atoms with Crippen molar-refractivity contribution >= 4 is 32.6 Å². The summed E-state index contributed by atoms with van der Waals surface area (Å²) in [5, 5.41) is 2.59. The van der Waals surface area contributed by atoms with Crippen LogP contribution in [0, 0.1) is 0 Å². The summed E-state index contributed by atoms with van der Waals surface area (Å²) in [6.07, 6.45) is 0. The second kappa shape index (κ2) is 3.31. The van der Waals surface area contributed by atoms with Gasteiger partial charge in [0.15, 0.2) is 15.6 Å². The molecular formula is C9H11NO3S2. The lowest BCUT2D eigenvalue weighted by Crippen LogP contribution is -2.30. The Balaban J connectivity index is 2.61. The third-order valence-corrected chi connectivity index (χ3v) is 6.35. The second-order valence-corrected chi connectivity index (χ2v) is 7.22. The zero-order valence-corrected chi connectivity index (χ0v) is 10.0. The van der Waals surface area contributed by atoms with Gasteiger partial charge in [-0.2, -0.15) is 0 Å². The Morgan fingerprint density at radius 1 is 1.60 bits per heavy atom. The molecule has 0 aromatic carbocycles. The lowest BCUT2D eigenvalue weighted by Gasteiger charge is -2.20. The van der Waals surface area contributed by atoms with Gasteiger partial charge in [0.05, 0.1) is 15.8 Å². The fourth-order valence-corrected chi connectivity index (χ4v) is 4.52. The van der Waals surface area contributed by atoms with Gasteiger partial charge in [-0.25, -0.2) is 8.42 Å². The van der Waals surface area contributed by atoms with Gasteiger partial charge in [0.25, 0.3) is 0 Å².